The quantitative estimate of drug-likeness (QED) is 0.509. The van der Waals surface area contributed by atoms with Gasteiger partial charge in [-0.15, -0.1) is 0 Å². The van der Waals surface area contributed by atoms with Crippen LogP contribution in [0.2, 0.25) is 0 Å². The van der Waals surface area contributed by atoms with E-state index in [1.807, 2.05) is 0 Å². The van der Waals surface area contributed by atoms with Crippen LogP contribution in [-0.2, 0) is 14.3 Å². The van der Waals surface area contributed by atoms with Crippen molar-refractivity contribution in [3.8, 4) is 0 Å². The Kier molecular flexibility index (Phi) is 8.30. The number of hydrogen-bond donors (Lipinski definition) is 2. The predicted molar refractivity (Wildman–Crippen MR) is 97.6 cm³/mol. The van der Waals surface area contributed by atoms with Crippen molar-refractivity contribution in [1.82, 2.24) is 15.5 Å². The van der Waals surface area contributed by atoms with Gasteiger partial charge in [-0.2, -0.15) is 0 Å². The average molecular weight is 366 g/mol. The first-order valence-electron chi connectivity index (χ1n) is 8.88. The highest BCUT2D eigenvalue weighted by Crippen LogP contribution is 2.16. The van der Waals surface area contributed by atoms with Gasteiger partial charge in [-0.05, 0) is 37.2 Å². The van der Waals surface area contributed by atoms with E-state index in [0.717, 1.165) is 44.8 Å². The first-order valence-corrected chi connectivity index (χ1v) is 8.88. The number of amides is 2. The van der Waals surface area contributed by atoms with E-state index in [-0.39, 0.29) is 5.82 Å². The Labute approximate surface area is 153 Å². The standard InChI is InChI=1S/C18H27FN4O3/c1-26-14-8-21-18(25)17(24)20-7-2-9-22-10-12-23(13-11-22)16-5-3-15(19)4-6-16/h3-6H,2,7-14H2,1H3,(H,20,24)(H,21,25). The van der Waals surface area contributed by atoms with E-state index in [1.165, 1.54) is 19.2 Å². The maximum atomic E-state index is 13.0. The van der Waals surface area contributed by atoms with Crippen LogP contribution in [0.1, 0.15) is 6.42 Å². The zero-order chi connectivity index (χ0) is 18.8. The Morgan fingerprint density at radius 3 is 2.27 bits per heavy atom. The van der Waals surface area contributed by atoms with E-state index in [2.05, 4.69) is 20.4 Å². The lowest BCUT2D eigenvalue weighted by Gasteiger charge is -2.36. The van der Waals surface area contributed by atoms with Gasteiger partial charge in [0.1, 0.15) is 5.82 Å². The van der Waals surface area contributed by atoms with Gasteiger partial charge in [0.25, 0.3) is 0 Å². The molecule has 2 rings (SSSR count). The molecule has 0 radical (unpaired) electrons. The van der Waals surface area contributed by atoms with Crippen molar-refractivity contribution in [2.24, 2.45) is 0 Å². The SMILES string of the molecule is COCCNC(=O)C(=O)NCCCN1CCN(c2ccc(F)cc2)CC1. The lowest BCUT2D eigenvalue weighted by Crippen LogP contribution is -2.47. The fraction of sp³-hybridized carbons (Fsp3) is 0.556. The van der Waals surface area contributed by atoms with Crippen molar-refractivity contribution in [1.29, 1.82) is 0 Å². The number of rotatable bonds is 8. The normalized spacial score (nSPS) is 14.9. The van der Waals surface area contributed by atoms with Crippen LogP contribution in [-0.4, -0.2) is 76.2 Å². The maximum absolute atomic E-state index is 13.0. The molecule has 0 saturated carbocycles. The zero-order valence-corrected chi connectivity index (χ0v) is 15.2. The summed E-state index contributed by atoms with van der Waals surface area (Å²) in [4.78, 5) is 27.7. The molecule has 1 saturated heterocycles. The number of methoxy groups -OCH3 is 1. The van der Waals surface area contributed by atoms with Crippen molar-refractivity contribution >= 4 is 17.5 Å². The second-order valence-electron chi connectivity index (χ2n) is 6.16. The third-order valence-corrected chi connectivity index (χ3v) is 4.30. The third-order valence-electron chi connectivity index (χ3n) is 4.30. The number of hydrogen-bond acceptors (Lipinski definition) is 5. The molecule has 1 fully saturated rings. The Morgan fingerprint density at radius 2 is 1.65 bits per heavy atom. The monoisotopic (exact) mass is 366 g/mol. The van der Waals surface area contributed by atoms with Crippen LogP contribution < -0.4 is 15.5 Å². The second-order valence-corrected chi connectivity index (χ2v) is 6.16. The van der Waals surface area contributed by atoms with Crippen molar-refractivity contribution in [2.45, 2.75) is 6.42 Å². The molecule has 144 valence electrons. The summed E-state index contributed by atoms with van der Waals surface area (Å²) in [5, 5.41) is 5.11. The number of ether oxygens (including phenoxy) is 1. The first kappa shape index (κ1) is 20.1. The van der Waals surface area contributed by atoms with E-state index in [9.17, 15) is 14.0 Å². The van der Waals surface area contributed by atoms with Crippen LogP contribution in [0.4, 0.5) is 10.1 Å². The van der Waals surface area contributed by atoms with Crippen LogP contribution in [0, 0.1) is 5.82 Å². The highest BCUT2D eigenvalue weighted by Gasteiger charge is 2.17. The van der Waals surface area contributed by atoms with Gasteiger partial charge in [-0.25, -0.2) is 4.39 Å². The van der Waals surface area contributed by atoms with Gasteiger partial charge in [0.05, 0.1) is 6.61 Å². The molecule has 0 aromatic heterocycles. The molecule has 0 unspecified atom stereocenters. The van der Waals surface area contributed by atoms with Gasteiger partial charge < -0.3 is 20.3 Å². The average Bonchev–Trinajstić information content (AvgIpc) is 2.66. The van der Waals surface area contributed by atoms with Crippen LogP contribution in [0.5, 0.6) is 0 Å². The minimum Gasteiger partial charge on any atom is -0.383 e. The highest BCUT2D eigenvalue weighted by molar-refractivity contribution is 6.35. The van der Waals surface area contributed by atoms with Gasteiger partial charge >= 0.3 is 11.8 Å². The summed E-state index contributed by atoms with van der Waals surface area (Å²) in [5.74, 6) is -1.46. The van der Waals surface area contributed by atoms with E-state index >= 15 is 0 Å². The van der Waals surface area contributed by atoms with Crippen LogP contribution in [0.25, 0.3) is 0 Å². The Hall–Kier alpha value is -2.19. The van der Waals surface area contributed by atoms with Gasteiger partial charge in [-0.3, -0.25) is 14.5 Å². The molecular weight excluding hydrogens is 339 g/mol. The second kappa shape index (κ2) is 10.7. The summed E-state index contributed by atoms with van der Waals surface area (Å²) >= 11 is 0. The third kappa shape index (κ3) is 6.61. The predicted octanol–water partition coefficient (Wildman–Crippen LogP) is 0.217. The zero-order valence-electron chi connectivity index (χ0n) is 15.2. The van der Waals surface area contributed by atoms with Crippen molar-refractivity contribution in [3.05, 3.63) is 30.1 Å². The Bertz CT molecular complexity index is 574. The van der Waals surface area contributed by atoms with Crippen molar-refractivity contribution in [3.63, 3.8) is 0 Å². The molecule has 2 amide bonds. The molecule has 1 aromatic carbocycles. The number of benzene rings is 1. The summed E-state index contributed by atoms with van der Waals surface area (Å²) in [6.45, 7) is 5.65. The van der Waals surface area contributed by atoms with E-state index in [1.54, 1.807) is 12.1 Å². The van der Waals surface area contributed by atoms with Gasteiger partial charge in [0.15, 0.2) is 0 Å². The Balaban J connectivity index is 1.58. The van der Waals surface area contributed by atoms with Gasteiger partial charge in [0.2, 0.25) is 0 Å². The summed E-state index contributed by atoms with van der Waals surface area (Å²) in [6.07, 6.45) is 0.785. The molecular formula is C18H27FN4O3. The number of anilines is 1. The highest BCUT2D eigenvalue weighted by atomic mass is 19.1. The molecule has 1 aliphatic rings. The first-order chi connectivity index (χ1) is 12.6. The summed E-state index contributed by atoms with van der Waals surface area (Å²) < 4.78 is 17.8. The topological polar surface area (TPSA) is 73.9 Å². The molecule has 26 heavy (non-hydrogen) atoms. The van der Waals surface area contributed by atoms with E-state index < -0.39 is 11.8 Å². The van der Waals surface area contributed by atoms with Gasteiger partial charge in [0, 0.05) is 52.1 Å². The lowest BCUT2D eigenvalue weighted by atomic mass is 10.2. The van der Waals surface area contributed by atoms with Crippen molar-refractivity contribution in [2.75, 3.05) is 64.4 Å². The number of carbonyl (C=O) groups is 2. The van der Waals surface area contributed by atoms with Crippen LogP contribution in [0.3, 0.4) is 0 Å². The number of nitrogens with zero attached hydrogens (tertiary/aromatic N) is 2. The Morgan fingerprint density at radius 1 is 1.04 bits per heavy atom. The lowest BCUT2D eigenvalue weighted by molar-refractivity contribution is -0.139. The molecule has 1 aromatic rings. The molecule has 0 atom stereocenters. The number of halogens is 1. The summed E-state index contributed by atoms with van der Waals surface area (Å²) in [6, 6.07) is 6.57. The minimum absolute atomic E-state index is 0.221. The molecule has 0 aliphatic carbocycles. The molecule has 0 spiro atoms. The fourth-order valence-corrected chi connectivity index (χ4v) is 2.81. The smallest absolute Gasteiger partial charge is 0.309 e. The minimum atomic E-state index is -0.630. The summed E-state index contributed by atoms with van der Waals surface area (Å²) in [7, 11) is 1.53. The van der Waals surface area contributed by atoms with Crippen LogP contribution >= 0.6 is 0 Å². The van der Waals surface area contributed by atoms with Crippen molar-refractivity contribution < 1.29 is 18.7 Å². The molecule has 7 nitrogen and oxygen atoms in total. The van der Waals surface area contributed by atoms with E-state index in [4.69, 9.17) is 4.74 Å². The number of carbonyl (C=O) groups excluding carboxylic acids is 2. The maximum Gasteiger partial charge on any atom is 0.309 e. The number of piperazine rings is 1. The van der Waals surface area contributed by atoms with Gasteiger partial charge in [-0.1, -0.05) is 0 Å². The summed E-state index contributed by atoms with van der Waals surface area (Å²) in [5.41, 5.74) is 1.04. The molecule has 8 heteroatoms. The molecule has 0 bridgehead atoms. The number of nitrogens with one attached hydrogen (secondary N) is 2. The fourth-order valence-electron chi connectivity index (χ4n) is 2.81. The largest absolute Gasteiger partial charge is 0.383 e. The van der Waals surface area contributed by atoms with E-state index in [0.29, 0.717) is 19.7 Å². The molecule has 1 heterocycles. The van der Waals surface area contributed by atoms with Crippen LogP contribution in [0.15, 0.2) is 24.3 Å². The molecule has 1 aliphatic heterocycles. The molecule has 2 N–H and O–H groups in total.